The van der Waals surface area contributed by atoms with Gasteiger partial charge in [0.25, 0.3) is 0 Å². The van der Waals surface area contributed by atoms with Crippen molar-refractivity contribution in [1.29, 1.82) is 0 Å². The van der Waals surface area contributed by atoms with Crippen LogP contribution in [0.2, 0.25) is 0 Å². The molecule has 0 fully saturated rings. The molecule has 2 N–H and O–H groups in total. The van der Waals surface area contributed by atoms with Crippen molar-refractivity contribution in [3.8, 4) is 0 Å². The molecular weight excluding hydrogens is 336 g/mol. The van der Waals surface area contributed by atoms with Gasteiger partial charge in [-0.3, -0.25) is 9.59 Å². The van der Waals surface area contributed by atoms with E-state index in [4.69, 9.17) is 14.2 Å². The molecule has 0 aliphatic heterocycles. The van der Waals surface area contributed by atoms with Crippen LogP contribution in [-0.4, -0.2) is 64.5 Å². The molecular formula is C19H38N2O5. The number of carbonyl (C=O) groups excluding carboxylic acids is 2. The van der Waals surface area contributed by atoms with Crippen LogP contribution in [0.25, 0.3) is 0 Å². The molecule has 0 saturated carbocycles. The number of ether oxygens (including phenoxy) is 3. The third-order valence-electron chi connectivity index (χ3n) is 3.42. The van der Waals surface area contributed by atoms with Gasteiger partial charge in [0.1, 0.15) is 0 Å². The van der Waals surface area contributed by atoms with E-state index in [1.54, 1.807) is 0 Å². The predicted octanol–water partition coefficient (Wildman–Crippen LogP) is 1.75. The lowest BCUT2D eigenvalue weighted by molar-refractivity contribution is -0.122. The van der Waals surface area contributed by atoms with Gasteiger partial charge in [-0.05, 0) is 18.3 Å². The summed E-state index contributed by atoms with van der Waals surface area (Å²) in [5, 5.41) is 5.64. The molecule has 0 radical (unpaired) electrons. The minimum atomic E-state index is 0.0631. The molecule has 0 atom stereocenters. The Kier molecular flexibility index (Phi) is 16.5. The molecule has 2 amide bonds. The first-order valence-electron chi connectivity index (χ1n) is 9.68. The van der Waals surface area contributed by atoms with Gasteiger partial charge in [-0.2, -0.15) is 0 Å². The van der Waals surface area contributed by atoms with Gasteiger partial charge in [0, 0.05) is 25.9 Å². The Morgan fingerprint density at radius 2 is 1.15 bits per heavy atom. The molecule has 0 unspecified atom stereocenters. The topological polar surface area (TPSA) is 85.9 Å². The molecule has 0 rings (SSSR count). The summed E-state index contributed by atoms with van der Waals surface area (Å²) in [5.41, 5.74) is 0. The largest absolute Gasteiger partial charge is 0.377 e. The van der Waals surface area contributed by atoms with E-state index >= 15 is 0 Å². The molecule has 0 aliphatic carbocycles. The fourth-order valence-corrected chi connectivity index (χ4v) is 2.02. The number of carbonyl (C=O) groups is 2. The van der Waals surface area contributed by atoms with E-state index in [0.29, 0.717) is 77.4 Å². The molecule has 0 aromatic rings. The Hall–Kier alpha value is -1.18. The van der Waals surface area contributed by atoms with E-state index in [9.17, 15) is 9.59 Å². The Morgan fingerprint density at radius 1 is 0.692 bits per heavy atom. The third-order valence-corrected chi connectivity index (χ3v) is 3.42. The van der Waals surface area contributed by atoms with Crippen molar-refractivity contribution in [2.45, 2.75) is 47.0 Å². The third kappa shape index (κ3) is 19.1. The second-order valence-corrected chi connectivity index (χ2v) is 7.07. The number of hydrogen-bond donors (Lipinski definition) is 2. The van der Waals surface area contributed by atoms with E-state index in [0.717, 1.165) is 6.42 Å². The van der Waals surface area contributed by atoms with Crippen LogP contribution in [0.5, 0.6) is 0 Å². The van der Waals surface area contributed by atoms with Gasteiger partial charge in [0.05, 0.1) is 39.6 Å². The first kappa shape index (κ1) is 24.8. The molecule has 26 heavy (non-hydrogen) atoms. The lowest BCUT2D eigenvalue weighted by Gasteiger charge is -2.09. The minimum absolute atomic E-state index is 0.0631. The summed E-state index contributed by atoms with van der Waals surface area (Å²) in [6.07, 6.45) is 2.03. The van der Waals surface area contributed by atoms with E-state index in [2.05, 4.69) is 24.5 Å². The number of nitrogens with one attached hydrogen (secondary N) is 2. The normalized spacial score (nSPS) is 11.2. The monoisotopic (exact) mass is 374 g/mol. The summed E-state index contributed by atoms with van der Waals surface area (Å²) in [7, 11) is 0. The molecule has 0 aromatic heterocycles. The smallest absolute Gasteiger partial charge is 0.220 e. The molecule has 0 aliphatic rings. The summed E-state index contributed by atoms with van der Waals surface area (Å²) in [6, 6.07) is 0. The highest BCUT2D eigenvalue weighted by atomic mass is 16.5. The van der Waals surface area contributed by atoms with E-state index in [-0.39, 0.29) is 11.8 Å². The molecule has 0 bridgehead atoms. The highest BCUT2D eigenvalue weighted by molar-refractivity contribution is 5.76. The molecule has 0 saturated heterocycles. The Labute approximate surface area is 158 Å². The molecule has 7 heteroatoms. The predicted molar refractivity (Wildman–Crippen MR) is 102 cm³/mol. The van der Waals surface area contributed by atoms with Gasteiger partial charge in [0.2, 0.25) is 11.8 Å². The standard InChI is InChI=1S/C19H38N2O5/c1-16(2)5-6-18(22)20-7-9-24-11-13-26-14-12-25-10-8-21-19(23)15-17(3)4/h16-17H,5-15H2,1-4H3,(H,20,22)(H,21,23). The molecule has 7 nitrogen and oxygen atoms in total. The second kappa shape index (κ2) is 17.2. The number of amides is 2. The summed E-state index contributed by atoms with van der Waals surface area (Å²) in [5.74, 6) is 1.05. The van der Waals surface area contributed by atoms with Crippen molar-refractivity contribution in [3.63, 3.8) is 0 Å². The van der Waals surface area contributed by atoms with Crippen LogP contribution in [0.15, 0.2) is 0 Å². The summed E-state index contributed by atoms with van der Waals surface area (Å²) >= 11 is 0. The minimum Gasteiger partial charge on any atom is -0.377 e. The maximum Gasteiger partial charge on any atom is 0.220 e. The number of rotatable bonds is 17. The Bertz CT molecular complexity index is 362. The van der Waals surface area contributed by atoms with Crippen molar-refractivity contribution in [1.82, 2.24) is 10.6 Å². The van der Waals surface area contributed by atoms with Crippen molar-refractivity contribution >= 4 is 11.8 Å². The first-order valence-corrected chi connectivity index (χ1v) is 9.68. The average molecular weight is 375 g/mol. The zero-order chi connectivity index (χ0) is 19.6. The molecule has 0 heterocycles. The SMILES string of the molecule is CC(C)CCC(=O)NCCOCCOCCOCCNC(=O)CC(C)C. The lowest BCUT2D eigenvalue weighted by atomic mass is 10.1. The van der Waals surface area contributed by atoms with Crippen LogP contribution in [0.3, 0.4) is 0 Å². The van der Waals surface area contributed by atoms with Crippen molar-refractivity contribution < 1.29 is 23.8 Å². The molecule has 154 valence electrons. The van der Waals surface area contributed by atoms with Crippen molar-refractivity contribution in [2.24, 2.45) is 11.8 Å². The fraction of sp³-hybridized carbons (Fsp3) is 0.895. The summed E-state index contributed by atoms with van der Waals surface area (Å²) < 4.78 is 16.1. The van der Waals surface area contributed by atoms with Crippen LogP contribution in [-0.2, 0) is 23.8 Å². The summed E-state index contributed by atoms with van der Waals surface area (Å²) in [4.78, 5) is 22.9. The quantitative estimate of drug-likeness (QED) is 0.379. The first-order chi connectivity index (χ1) is 12.4. The highest BCUT2D eigenvalue weighted by Gasteiger charge is 2.03. The maximum absolute atomic E-state index is 11.5. The van der Waals surface area contributed by atoms with Crippen LogP contribution in [0.1, 0.15) is 47.0 Å². The zero-order valence-corrected chi connectivity index (χ0v) is 17.0. The van der Waals surface area contributed by atoms with Crippen molar-refractivity contribution in [3.05, 3.63) is 0 Å². The molecule has 0 spiro atoms. The van der Waals surface area contributed by atoms with Gasteiger partial charge >= 0.3 is 0 Å². The van der Waals surface area contributed by atoms with E-state index in [1.165, 1.54) is 0 Å². The van der Waals surface area contributed by atoms with Gasteiger partial charge < -0.3 is 24.8 Å². The van der Waals surface area contributed by atoms with E-state index in [1.807, 2.05) is 13.8 Å². The van der Waals surface area contributed by atoms with Crippen LogP contribution < -0.4 is 10.6 Å². The lowest BCUT2D eigenvalue weighted by Crippen LogP contribution is -2.28. The average Bonchev–Trinajstić information content (AvgIpc) is 2.56. The second-order valence-electron chi connectivity index (χ2n) is 7.07. The Balaban J connectivity index is 3.20. The van der Waals surface area contributed by atoms with Gasteiger partial charge in [-0.25, -0.2) is 0 Å². The zero-order valence-electron chi connectivity index (χ0n) is 17.0. The van der Waals surface area contributed by atoms with Gasteiger partial charge in [-0.15, -0.1) is 0 Å². The van der Waals surface area contributed by atoms with E-state index < -0.39 is 0 Å². The van der Waals surface area contributed by atoms with Crippen LogP contribution in [0, 0.1) is 11.8 Å². The maximum atomic E-state index is 11.5. The van der Waals surface area contributed by atoms with Gasteiger partial charge in [-0.1, -0.05) is 27.7 Å². The fourth-order valence-electron chi connectivity index (χ4n) is 2.02. The van der Waals surface area contributed by atoms with Crippen LogP contribution in [0.4, 0.5) is 0 Å². The van der Waals surface area contributed by atoms with Crippen molar-refractivity contribution in [2.75, 3.05) is 52.7 Å². The molecule has 0 aromatic carbocycles. The number of hydrogen-bond acceptors (Lipinski definition) is 5. The van der Waals surface area contributed by atoms with Gasteiger partial charge in [0.15, 0.2) is 0 Å². The Morgan fingerprint density at radius 3 is 1.62 bits per heavy atom. The van der Waals surface area contributed by atoms with Crippen LogP contribution >= 0.6 is 0 Å². The summed E-state index contributed by atoms with van der Waals surface area (Å²) in [6.45, 7) is 12.2. The highest BCUT2D eigenvalue weighted by Crippen LogP contribution is 2.02.